The van der Waals surface area contributed by atoms with Crippen LogP contribution in [0.25, 0.3) is 5.76 Å². The molecule has 3 rings (SSSR count). The normalized spacial score (nSPS) is 17.1. The molecule has 0 radical (unpaired) electrons. The maximum absolute atomic E-state index is 13.0. The molecule has 1 heterocycles. The monoisotopic (exact) mass is 468 g/mol. The van der Waals surface area contributed by atoms with Crippen LogP contribution in [0.15, 0.2) is 54.1 Å². The molecule has 2 aromatic rings. The number of Topliss-reactive ketones (excluding diaryl/α,β-unsaturated/α-hetero) is 1. The molecule has 2 N–H and O–H groups in total. The molecule has 1 saturated heterocycles. The second-order valence-electron chi connectivity index (χ2n) is 7.74. The number of aliphatic hydroxyl groups excluding tert-OH is 1. The topological polar surface area (TPSA) is 147 Å². The summed E-state index contributed by atoms with van der Waals surface area (Å²) in [6.45, 7) is 0.0697. The molecule has 0 saturated carbocycles. The van der Waals surface area contributed by atoms with Crippen LogP contribution in [-0.2, 0) is 14.4 Å². The van der Waals surface area contributed by atoms with E-state index in [1.807, 2.05) is 0 Å². The van der Waals surface area contributed by atoms with Gasteiger partial charge >= 0.3 is 5.97 Å². The molecule has 0 spiro atoms. The average molecular weight is 468 g/mol. The van der Waals surface area contributed by atoms with E-state index < -0.39 is 34.4 Å². The third kappa shape index (κ3) is 5.06. The minimum atomic E-state index is -1.16. The lowest BCUT2D eigenvalue weighted by Crippen LogP contribution is -2.31. The summed E-state index contributed by atoms with van der Waals surface area (Å²) in [5, 5.41) is 31.5. The van der Waals surface area contributed by atoms with E-state index >= 15 is 0 Å². The SMILES string of the molecule is COc1ccc(/C(O)=C2/C(=O)C(=O)N(CCCCCC(=O)O)C2c2ccccc2[N+](=O)[O-])cc1. The maximum Gasteiger partial charge on any atom is 0.303 e. The number of hydrogen-bond acceptors (Lipinski definition) is 7. The first-order valence-electron chi connectivity index (χ1n) is 10.6. The number of para-hydroxylation sites is 1. The number of carbonyl (C=O) groups excluding carboxylic acids is 2. The van der Waals surface area contributed by atoms with E-state index in [-0.39, 0.29) is 35.4 Å². The number of carbonyl (C=O) groups is 3. The van der Waals surface area contributed by atoms with Crippen molar-refractivity contribution in [1.29, 1.82) is 0 Å². The van der Waals surface area contributed by atoms with E-state index in [1.165, 1.54) is 42.3 Å². The van der Waals surface area contributed by atoms with Gasteiger partial charge in [0.1, 0.15) is 11.5 Å². The summed E-state index contributed by atoms with van der Waals surface area (Å²) < 4.78 is 5.10. The molecule has 0 aliphatic carbocycles. The van der Waals surface area contributed by atoms with E-state index in [2.05, 4.69) is 0 Å². The number of benzene rings is 2. The van der Waals surface area contributed by atoms with Gasteiger partial charge in [-0.25, -0.2) is 0 Å². The number of ketones is 1. The Balaban J connectivity index is 2.06. The Kier molecular flexibility index (Phi) is 7.62. The van der Waals surface area contributed by atoms with Crippen LogP contribution >= 0.6 is 0 Å². The van der Waals surface area contributed by atoms with Gasteiger partial charge in [-0.05, 0) is 43.2 Å². The maximum atomic E-state index is 13.0. The molecule has 1 fully saturated rings. The van der Waals surface area contributed by atoms with Crippen molar-refractivity contribution >= 4 is 29.1 Å². The van der Waals surface area contributed by atoms with Crippen LogP contribution in [0.1, 0.15) is 42.9 Å². The van der Waals surface area contributed by atoms with Crippen molar-refractivity contribution in [2.45, 2.75) is 31.7 Å². The zero-order chi connectivity index (χ0) is 24.8. The van der Waals surface area contributed by atoms with Crippen molar-refractivity contribution in [3.63, 3.8) is 0 Å². The number of ether oxygens (including phenoxy) is 1. The Hall–Kier alpha value is -4.21. The number of nitro benzene ring substituents is 1. The number of aliphatic hydroxyl groups is 1. The van der Waals surface area contributed by atoms with Crippen LogP contribution in [0.3, 0.4) is 0 Å². The zero-order valence-corrected chi connectivity index (χ0v) is 18.5. The Morgan fingerprint density at radius 1 is 1.06 bits per heavy atom. The number of amides is 1. The minimum absolute atomic E-state index is 0.0239. The van der Waals surface area contributed by atoms with Crippen molar-refractivity contribution in [2.24, 2.45) is 0 Å². The van der Waals surface area contributed by atoms with E-state index in [4.69, 9.17) is 9.84 Å². The number of nitrogens with zero attached hydrogens (tertiary/aromatic N) is 2. The Labute approximate surface area is 195 Å². The fourth-order valence-electron chi connectivity index (χ4n) is 3.96. The summed E-state index contributed by atoms with van der Waals surface area (Å²) in [7, 11) is 1.48. The molecule has 0 bridgehead atoms. The number of likely N-dealkylation sites (tertiary alicyclic amines) is 1. The van der Waals surface area contributed by atoms with Gasteiger partial charge in [0.2, 0.25) is 0 Å². The molecule has 0 aromatic heterocycles. The smallest absolute Gasteiger partial charge is 0.303 e. The zero-order valence-electron chi connectivity index (χ0n) is 18.5. The molecular weight excluding hydrogens is 444 g/mol. The lowest BCUT2D eigenvalue weighted by Gasteiger charge is -2.25. The van der Waals surface area contributed by atoms with Gasteiger partial charge in [0, 0.05) is 24.6 Å². The standard InChI is InChI=1S/C24H24N2O8/c1-34-16-12-10-15(11-13-16)22(29)20-21(17-7-4-5-8-18(17)26(32)33)25(24(31)23(20)30)14-6-2-3-9-19(27)28/h4-5,7-8,10-13,21,29H,2-3,6,9,14H2,1H3,(H,27,28)/b22-20-. The Bertz CT molecular complexity index is 1140. The Morgan fingerprint density at radius 2 is 1.74 bits per heavy atom. The molecule has 34 heavy (non-hydrogen) atoms. The number of aliphatic carboxylic acids is 1. The van der Waals surface area contributed by atoms with Crippen LogP contribution in [0, 0.1) is 10.1 Å². The molecule has 1 unspecified atom stereocenters. The van der Waals surface area contributed by atoms with E-state index in [0.29, 0.717) is 25.0 Å². The fraction of sp³-hybridized carbons (Fsp3) is 0.292. The third-order valence-electron chi connectivity index (χ3n) is 5.62. The minimum Gasteiger partial charge on any atom is -0.507 e. The predicted molar refractivity (Wildman–Crippen MR) is 121 cm³/mol. The summed E-state index contributed by atoms with van der Waals surface area (Å²) in [5.74, 6) is -2.68. The van der Waals surface area contributed by atoms with E-state index in [1.54, 1.807) is 18.2 Å². The van der Waals surface area contributed by atoms with Gasteiger partial charge in [-0.1, -0.05) is 18.6 Å². The molecule has 10 heteroatoms. The molecule has 10 nitrogen and oxygen atoms in total. The van der Waals surface area contributed by atoms with Gasteiger partial charge in [-0.2, -0.15) is 0 Å². The first-order chi connectivity index (χ1) is 16.3. The van der Waals surface area contributed by atoms with Crippen molar-refractivity contribution in [3.8, 4) is 5.75 Å². The molecular formula is C24H24N2O8. The highest BCUT2D eigenvalue weighted by atomic mass is 16.6. The van der Waals surface area contributed by atoms with E-state index in [9.17, 15) is 29.6 Å². The lowest BCUT2D eigenvalue weighted by molar-refractivity contribution is -0.385. The number of rotatable bonds is 10. The van der Waals surface area contributed by atoms with Crippen molar-refractivity contribution in [1.82, 2.24) is 4.90 Å². The van der Waals surface area contributed by atoms with Crippen LogP contribution < -0.4 is 4.74 Å². The number of hydrogen-bond donors (Lipinski definition) is 2. The number of methoxy groups -OCH3 is 1. The molecule has 1 aliphatic heterocycles. The highest BCUT2D eigenvalue weighted by Gasteiger charge is 2.47. The van der Waals surface area contributed by atoms with Crippen molar-refractivity contribution < 1.29 is 34.3 Å². The highest BCUT2D eigenvalue weighted by molar-refractivity contribution is 6.46. The van der Waals surface area contributed by atoms with Gasteiger partial charge in [0.05, 0.1) is 29.2 Å². The van der Waals surface area contributed by atoms with Crippen molar-refractivity contribution in [2.75, 3.05) is 13.7 Å². The molecule has 1 amide bonds. The van der Waals surface area contributed by atoms with Crippen molar-refractivity contribution in [3.05, 3.63) is 75.3 Å². The predicted octanol–water partition coefficient (Wildman–Crippen LogP) is 3.67. The largest absolute Gasteiger partial charge is 0.507 e. The van der Waals surface area contributed by atoms with Crippen LogP contribution in [0.4, 0.5) is 5.69 Å². The number of nitro groups is 1. The first-order valence-corrected chi connectivity index (χ1v) is 10.6. The van der Waals surface area contributed by atoms with Crippen LogP contribution in [-0.4, -0.2) is 51.4 Å². The summed E-state index contributed by atoms with van der Waals surface area (Å²) in [6.07, 6.45) is 1.24. The second-order valence-corrected chi connectivity index (χ2v) is 7.74. The van der Waals surface area contributed by atoms with Crippen LogP contribution in [0.5, 0.6) is 5.75 Å². The summed E-state index contributed by atoms with van der Waals surface area (Å²) in [5.41, 5.74) is -0.169. The summed E-state index contributed by atoms with van der Waals surface area (Å²) >= 11 is 0. The molecule has 2 aromatic carbocycles. The van der Waals surface area contributed by atoms with Gasteiger partial charge in [-0.3, -0.25) is 24.5 Å². The number of unbranched alkanes of at least 4 members (excludes halogenated alkanes) is 2. The quantitative estimate of drug-likeness (QED) is 0.134. The van der Waals surface area contributed by atoms with Gasteiger partial charge < -0.3 is 19.8 Å². The first kappa shape index (κ1) is 24.4. The second kappa shape index (κ2) is 10.6. The van der Waals surface area contributed by atoms with Gasteiger partial charge in [0.25, 0.3) is 17.4 Å². The number of carboxylic acid groups (broad SMARTS) is 1. The van der Waals surface area contributed by atoms with E-state index in [0.717, 1.165) is 0 Å². The Morgan fingerprint density at radius 3 is 2.35 bits per heavy atom. The summed E-state index contributed by atoms with van der Waals surface area (Å²) in [4.78, 5) is 49.0. The van der Waals surface area contributed by atoms with Gasteiger partial charge in [0.15, 0.2) is 0 Å². The summed E-state index contributed by atoms with van der Waals surface area (Å²) in [6, 6.07) is 10.8. The molecule has 178 valence electrons. The molecule has 1 atom stereocenters. The lowest BCUT2D eigenvalue weighted by atomic mass is 9.94. The third-order valence-corrected chi connectivity index (χ3v) is 5.62. The fourth-order valence-corrected chi connectivity index (χ4v) is 3.96. The highest BCUT2D eigenvalue weighted by Crippen LogP contribution is 2.42. The molecule has 1 aliphatic rings. The van der Waals surface area contributed by atoms with Crippen LogP contribution in [0.2, 0.25) is 0 Å². The van der Waals surface area contributed by atoms with Gasteiger partial charge in [-0.15, -0.1) is 0 Å². The average Bonchev–Trinajstić information content (AvgIpc) is 3.08. The number of carboxylic acids is 1.